The fourth-order valence-corrected chi connectivity index (χ4v) is 1.82. The number of hydrazine groups is 1. The SMILES string of the molecule is Cc1ccc(C(=O)NNc2ncnc(OC(C)C)c2[N+](=O)[O-])cc1. The van der Waals surface area contributed by atoms with E-state index in [0.29, 0.717) is 5.56 Å². The summed E-state index contributed by atoms with van der Waals surface area (Å²) < 4.78 is 5.31. The summed E-state index contributed by atoms with van der Waals surface area (Å²) in [5.41, 5.74) is 5.79. The van der Waals surface area contributed by atoms with Crippen molar-refractivity contribution in [3.8, 4) is 5.88 Å². The first-order valence-corrected chi connectivity index (χ1v) is 7.17. The Bertz CT molecular complexity index is 746. The van der Waals surface area contributed by atoms with Gasteiger partial charge in [-0.2, -0.15) is 4.98 Å². The molecule has 24 heavy (non-hydrogen) atoms. The van der Waals surface area contributed by atoms with Gasteiger partial charge in [0, 0.05) is 5.56 Å². The number of ether oxygens (including phenoxy) is 1. The summed E-state index contributed by atoms with van der Waals surface area (Å²) in [6.45, 7) is 5.34. The number of nitro groups is 1. The molecule has 0 aliphatic heterocycles. The lowest BCUT2D eigenvalue weighted by atomic mass is 10.1. The first kappa shape index (κ1) is 17.1. The molecule has 0 saturated heterocycles. The van der Waals surface area contributed by atoms with Crippen molar-refractivity contribution in [1.29, 1.82) is 0 Å². The highest BCUT2D eigenvalue weighted by atomic mass is 16.6. The molecule has 0 spiro atoms. The van der Waals surface area contributed by atoms with E-state index in [1.807, 2.05) is 6.92 Å². The Hall–Kier alpha value is -3.23. The monoisotopic (exact) mass is 331 g/mol. The van der Waals surface area contributed by atoms with Crippen LogP contribution in [0.15, 0.2) is 30.6 Å². The molecule has 0 unspecified atom stereocenters. The van der Waals surface area contributed by atoms with Crippen LogP contribution in [-0.4, -0.2) is 26.9 Å². The zero-order valence-electron chi connectivity index (χ0n) is 13.4. The van der Waals surface area contributed by atoms with Gasteiger partial charge in [-0.05, 0) is 32.9 Å². The molecular formula is C15H17N5O4. The van der Waals surface area contributed by atoms with Gasteiger partial charge >= 0.3 is 5.69 Å². The summed E-state index contributed by atoms with van der Waals surface area (Å²) in [7, 11) is 0. The second kappa shape index (κ2) is 7.36. The average Bonchev–Trinajstić information content (AvgIpc) is 2.52. The van der Waals surface area contributed by atoms with E-state index in [-0.39, 0.29) is 17.8 Å². The summed E-state index contributed by atoms with van der Waals surface area (Å²) >= 11 is 0. The molecule has 1 heterocycles. The lowest BCUT2D eigenvalue weighted by Gasteiger charge is -2.12. The Balaban J connectivity index is 2.18. The van der Waals surface area contributed by atoms with Crippen LogP contribution in [0.25, 0.3) is 0 Å². The van der Waals surface area contributed by atoms with Crippen LogP contribution in [0.5, 0.6) is 5.88 Å². The minimum absolute atomic E-state index is 0.161. The zero-order chi connectivity index (χ0) is 17.7. The summed E-state index contributed by atoms with van der Waals surface area (Å²) in [6.07, 6.45) is 0.819. The number of benzene rings is 1. The largest absolute Gasteiger partial charge is 0.470 e. The average molecular weight is 331 g/mol. The van der Waals surface area contributed by atoms with E-state index in [9.17, 15) is 14.9 Å². The van der Waals surface area contributed by atoms with Gasteiger partial charge in [-0.15, -0.1) is 0 Å². The number of hydrogen-bond acceptors (Lipinski definition) is 7. The first-order valence-electron chi connectivity index (χ1n) is 7.17. The Morgan fingerprint density at radius 2 is 1.92 bits per heavy atom. The van der Waals surface area contributed by atoms with Crippen molar-refractivity contribution in [2.24, 2.45) is 0 Å². The summed E-state index contributed by atoms with van der Waals surface area (Å²) in [4.78, 5) is 30.2. The molecular weight excluding hydrogens is 314 g/mol. The van der Waals surface area contributed by atoms with Crippen LogP contribution in [0, 0.1) is 17.0 Å². The number of nitrogens with one attached hydrogen (secondary N) is 2. The van der Waals surface area contributed by atoms with Crippen LogP contribution in [-0.2, 0) is 0 Å². The van der Waals surface area contributed by atoms with Crippen LogP contribution in [0.3, 0.4) is 0 Å². The van der Waals surface area contributed by atoms with Gasteiger partial charge in [0.25, 0.3) is 11.8 Å². The van der Waals surface area contributed by atoms with Crippen molar-refractivity contribution in [3.63, 3.8) is 0 Å². The maximum atomic E-state index is 12.1. The predicted molar refractivity (Wildman–Crippen MR) is 86.7 cm³/mol. The fraction of sp³-hybridized carbons (Fsp3) is 0.267. The Morgan fingerprint density at radius 3 is 2.50 bits per heavy atom. The molecule has 2 N–H and O–H groups in total. The quantitative estimate of drug-likeness (QED) is 0.615. The van der Waals surface area contributed by atoms with E-state index in [4.69, 9.17) is 4.74 Å². The van der Waals surface area contributed by atoms with Crippen molar-refractivity contribution in [2.45, 2.75) is 26.9 Å². The van der Waals surface area contributed by atoms with Crippen molar-refractivity contribution in [2.75, 3.05) is 5.43 Å². The fourth-order valence-electron chi connectivity index (χ4n) is 1.82. The number of aryl methyl sites for hydroxylation is 1. The number of carbonyl (C=O) groups excluding carboxylic acids is 1. The molecule has 0 bridgehead atoms. The van der Waals surface area contributed by atoms with E-state index >= 15 is 0 Å². The van der Waals surface area contributed by atoms with Gasteiger partial charge in [-0.3, -0.25) is 25.8 Å². The van der Waals surface area contributed by atoms with Crippen LogP contribution < -0.4 is 15.6 Å². The van der Waals surface area contributed by atoms with Crippen molar-refractivity contribution >= 4 is 17.4 Å². The van der Waals surface area contributed by atoms with Gasteiger partial charge in [0.2, 0.25) is 5.82 Å². The molecule has 9 nitrogen and oxygen atoms in total. The topological polar surface area (TPSA) is 119 Å². The smallest absolute Gasteiger partial charge is 0.374 e. The molecule has 1 aromatic carbocycles. The number of amides is 1. The molecule has 0 aliphatic carbocycles. The molecule has 0 radical (unpaired) electrons. The molecule has 1 amide bonds. The summed E-state index contributed by atoms with van der Waals surface area (Å²) in [6, 6.07) is 6.87. The van der Waals surface area contributed by atoms with Crippen molar-refractivity contribution in [1.82, 2.24) is 15.4 Å². The summed E-state index contributed by atoms with van der Waals surface area (Å²) in [5, 5.41) is 11.3. The van der Waals surface area contributed by atoms with E-state index in [2.05, 4.69) is 20.8 Å². The second-order valence-corrected chi connectivity index (χ2v) is 5.24. The zero-order valence-corrected chi connectivity index (χ0v) is 13.4. The molecule has 1 aromatic heterocycles. The van der Waals surface area contributed by atoms with E-state index in [0.717, 1.165) is 11.9 Å². The molecule has 2 aromatic rings. The predicted octanol–water partition coefficient (Wildman–Crippen LogP) is 2.24. The number of nitrogens with zero attached hydrogens (tertiary/aromatic N) is 3. The molecule has 0 atom stereocenters. The minimum Gasteiger partial charge on any atom is -0.470 e. The van der Waals surface area contributed by atoms with E-state index in [1.165, 1.54) is 0 Å². The highest BCUT2D eigenvalue weighted by Crippen LogP contribution is 2.30. The van der Waals surface area contributed by atoms with Crippen LogP contribution >= 0.6 is 0 Å². The number of anilines is 1. The third-order valence-electron chi connectivity index (χ3n) is 2.93. The number of rotatable bonds is 6. The standard InChI is InChI=1S/C15H17N5O4/c1-9(2)24-15-12(20(22)23)13(16-8-17-15)18-19-14(21)11-6-4-10(3)5-7-11/h4-9H,1-3H3,(H,19,21)(H,16,17,18). The van der Waals surface area contributed by atoms with Gasteiger partial charge in [-0.1, -0.05) is 17.7 Å². The molecule has 9 heteroatoms. The summed E-state index contributed by atoms with van der Waals surface area (Å²) in [5.74, 6) is -0.780. The number of carbonyl (C=O) groups is 1. The third kappa shape index (κ3) is 4.15. The first-order chi connectivity index (χ1) is 11.4. The number of aromatic nitrogens is 2. The lowest BCUT2D eigenvalue weighted by molar-refractivity contribution is -0.385. The Labute approximate surface area is 138 Å². The molecule has 0 fully saturated rings. The molecule has 126 valence electrons. The van der Waals surface area contributed by atoms with E-state index in [1.54, 1.807) is 38.1 Å². The number of hydrogen-bond donors (Lipinski definition) is 2. The van der Waals surface area contributed by atoms with Crippen LogP contribution in [0.4, 0.5) is 11.5 Å². The lowest BCUT2D eigenvalue weighted by Crippen LogP contribution is -2.30. The van der Waals surface area contributed by atoms with Crippen LogP contribution in [0.1, 0.15) is 29.8 Å². The van der Waals surface area contributed by atoms with Gasteiger partial charge < -0.3 is 4.74 Å². The molecule has 0 saturated carbocycles. The highest BCUT2D eigenvalue weighted by molar-refractivity contribution is 5.95. The van der Waals surface area contributed by atoms with Gasteiger partial charge in [0.15, 0.2) is 0 Å². The minimum atomic E-state index is -0.669. The normalized spacial score (nSPS) is 10.3. The molecule has 0 aliphatic rings. The van der Waals surface area contributed by atoms with Gasteiger partial charge in [0.1, 0.15) is 6.33 Å². The Kier molecular flexibility index (Phi) is 5.25. The van der Waals surface area contributed by atoms with Crippen LogP contribution in [0.2, 0.25) is 0 Å². The van der Waals surface area contributed by atoms with Crippen molar-refractivity contribution < 1.29 is 14.5 Å². The van der Waals surface area contributed by atoms with Gasteiger partial charge in [-0.25, -0.2) is 4.98 Å². The maximum absolute atomic E-state index is 12.1. The molecule has 2 rings (SSSR count). The maximum Gasteiger partial charge on any atom is 0.374 e. The highest BCUT2D eigenvalue weighted by Gasteiger charge is 2.25. The van der Waals surface area contributed by atoms with Gasteiger partial charge in [0.05, 0.1) is 11.0 Å². The second-order valence-electron chi connectivity index (χ2n) is 5.24. The Morgan fingerprint density at radius 1 is 1.25 bits per heavy atom. The third-order valence-corrected chi connectivity index (χ3v) is 2.93. The van der Waals surface area contributed by atoms with E-state index < -0.39 is 16.5 Å². The van der Waals surface area contributed by atoms with Crippen molar-refractivity contribution in [3.05, 3.63) is 51.8 Å².